The van der Waals surface area contributed by atoms with Crippen molar-refractivity contribution in [3.8, 4) is 0 Å². The van der Waals surface area contributed by atoms with Crippen molar-refractivity contribution in [3.05, 3.63) is 19.5 Å². The van der Waals surface area contributed by atoms with Crippen molar-refractivity contribution in [1.29, 1.82) is 0 Å². The third-order valence-electron chi connectivity index (χ3n) is 1.33. The summed E-state index contributed by atoms with van der Waals surface area (Å²) < 4.78 is 0. The Balaban J connectivity index is 0.000000396. The molecule has 0 spiro atoms. The number of aromatic amines is 1. The zero-order chi connectivity index (χ0) is 9.84. The van der Waals surface area contributed by atoms with Gasteiger partial charge in [0.2, 0.25) is 5.95 Å². The second-order valence-electron chi connectivity index (χ2n) is 2.07. The van der Waals surface area contributed by atoms with Crippen LogP contribution >= 0.6 is 0 Å². The van der Waals surface area contributed by atoms with Crippen molar-refractivity contribution < 1.29 is 0 Å². The maximum absolute atomic E-state index is 5.50. The van der Waals surface area contributed by atoms with Gasteiger partial charge in [-0.2, -0.15) is 9.97 Å². The van der Waals surface area contributed by atoms with E-state index in [0.29, 0.717) is 17.0 Å². The molecular weight excluding hydrogens is 168 g/mol. The molecule has 2 aromatic heterocycles. The van der Waals surface area contributed by atoms with Gasteiger partial charge in [0, 0.05) is 0 Å². The molecule has 0 aliphatic carbocycles. The molecule has 0 atom stereocenters. The van der Waals surface area contributed by atoms with E-state index in [9.17, 15) is 0 Å². The van der Waals surface area contributed by atoms with Crippen LogP contribution in [0.5, 0.6) is 0 Å². The van der Waals surface area contributed by atoms with Crippen molar-refractivity contribution in [2.75, 3.05) is 11.5 Å². The van der Waals surface area contributed by atoms with Crippen LogP contribution < -0.4 is 11.5 Å². The maximum Gasteiger partial charge on any atom is 0.224 e. The van der Waals surface area contributed by atoms with E-state index in [4.69, 9.17) is 11.5 Å². The topological polar surface area (TPSA) is 106 Å². The van der Waals surface area contributed by atoms with Gasteiger partial charge in [-0.3, -0.25) is 0 Å². The minimum atomic E-state index is 0.141. The van der Waals surface area contributed by atoms with Crippen LogP contribution in [0.1, 0.15) is 0 Å². The molecule has 0 bridgehead atoms. The van der Waals surface area contributed by atoms with Crippen LogP contribution in [-0.2, 0) is 0 Å². The first-order valence-electron chi connectivity index (χ1n) is 3.49. The monoisotopic (exact) mass is 178 g/mol. The molecule has 0 fully saturated rings. The molecule has 13 heavy (non-hydrogen) atoms. The Morgan fingerprint density at radius 1 is 1.23 bits per heavy atom. The first kappa shape index (κ1) is 8.98. The molecule has 0 radical (unpaired) electrons. The third kappa shape index (κ3) is 1.56. The van der Waals surface area contributed by atoms with E-state index in [-0.39, 0.29) is 5.95 Å². The maximum atomic E-state index is 5.50. The Bertz CT molecular complexity index is 406. The summed E-state index contributed by atoms with van der Waals surface area (Å²) in [5, 5.41) is 0. The van der Waals surface area contributed by atoms with Gasteiger partial charge in [0.1, 0.15) is 5.52 Å². The van der Waals surface area contributed by atoms with Crippen molar-refractivity contribution in [2.24, 2.45) is 0 Å². The molecule has 0 aliphatic heterocycles. The zero-order valence-electron chi connectivity index (χ0n) is 6.99. The fourth-order valence-corrected chi connectivity index (χ4v) is 0.873. The highest BCUT2D eigenvalue weighted by Gasteiger charge is 2.03. The summed E-state index contributed by atoms with van der Waals surface area (Å²) in [6, 6.07) is 0. The summed E-state index contributed by atoms with van der Waals surface area (Å²) in [6.45, 7) is 6.00. The van der Waals surface area contributed by atoms with Crippen LogP contribution in [0.25, 0.3) is 11.2 Å². The first-order chi connectivity index (χ1) is 6.27. The van der Waals surface area contributed by atoms with Crippen molar-refractivity contribution in [3.63, 3.8) is 0 Å². The number of aromatic nitrogens is 4. The fraction of sp³-hybridized carbons (Fsp3) is 0. The van der Waals surface area contributed by atoms with Crippen LogP contribution in [0.2, 0.25) is 0 Å². The van der Waals surface area contributed by atoms with E-state index in [0.717, 1.165) is 0 Å². The highest BCUT2D eigenvalue weighted by atomic mass is 15.1. The number of hydrogen-bond acceptors (Lipinski definition) is 5. The lowest BCUT2D eigenvalue weighted by atomic mass is 10.5. The van der Waals surface area contributed by atoms with E-state index in [2.05, 4.69) is 33.1 Å². The molecule has 0 amide bonds. The number of nitrogens with two attached hydrogens (primary N) is 2. The number of anilines is 2. The molecule has 6 nitrogen and oxygen atoms in total. The van der Waals surface area contributed by atoms with Crippen LogP contribution in [0, 0.1) is 0 Å². The predicted molar refractivity (Wildman–Crippen MR) is 51.8 cm³/mol. The smallest absolute Gasteiger partial charge is 0.224 e. The third-order valence-corrected chi connectivity index (χ3v) is 1.33. The van der Waals surface area contributed by atoms with Crippen molar-refractivity contribution in [2.45, 2.75) is 0 Å². The minimum absolute atomic E-state index is 0.141. The normalized spacial score (nSPS) is 9.23. The van der Waals surface area contributed by atoms with Gasteiger partial charge in [-0.15, -0.1) is 13.2 Å². The van der Waals surface area contributed by atoms with Gasteiger partial charge in [0.15, 0.2) is 11.5 Å². The Morgan fingerprint density at radius 3 is 2.62 bits per heavy atom. The van der Waals surface area contributed by atoms with E-state index >= 15 is 0 Å². The van der Waals surface area contributed by atoms with Crippen LogP contribution in [-0.4, -0.2) is 19.9 Å². The van der Waals surface area contributed by atoms with E-state index in [1.807, 2.05) is 0 Å². The van der Waals surface area contributed by atoms with Gasteiger partial charge in [-0.25, -0.2) is 4.98 Å². The summed E-state index contributed by atoms with van der Waals surface area (Å²) in [4.78, 5) is 14.3. The molecule has 68 valence electrons. The molecule has 0 aromatic carbocycles. The van der Waals surface area contributed by atoms with Gasteiger partial charge in [-0.1, -0.05) is 0 Å². The van der Waals surface area contributed by atoms with Gasteiger partial charge in [-0.05, 0) is 0 Å². The first-order valence-corrected chi connectivity index (χ1v) is 3.49. The number of nitrogen functional groups attached to an aromatic ring is 2. The minimum Gasteiger partial charge on any atom is -0.382 e. The van der Waals surface area contributed by atoms with Gasteiger partial charge < -0.3 is 16.5 Å². The quantitative estimate of drug-likeness (QED) is 0.503. The average molecular weight is 178 g/mol. The van der Waals surface area contributed by atoms with Gasteiger partial charge in [0.05, 0.1) is 6.33 Å². The average Bonchev–Trinajstić information content (AvgIpc) is 2.55. The lowest BCUT2D eigenvalue weighted by molar-refractivity contribution is 1.22. The number of H-pyrrole nitrogens is 1. The number of hydrogen-bond donors (Lipinski definition) is 3. The van der Waals surface area contributed by atoms with Crippen LogP contribution in [0.15, 0.2) is 19.5 Å². The highest BCUT2D eigenvalue weighted by Crippen LogP contribution is 2.12. The summed E-state index contributed by atoms with van der Waals surface area (Å²) >= 11 is 0. The molecule has 0 aliphatic rings. The number of fused-ring (bicyclic) bond motifs is 1. The van der Waals surface area contributed by atoms with E-state index in [1.54, 1.807) is 0 Å². The SMILES string of the molecule is C=C.Nc1nc(N)c2[nH]cnc2n1. The standard InChI is InChI=1S/C5H6N6.C2H4/c6-3-2-4(9-1-8-2)11-5(7)10-3;1-2/h1H,(H5,6,7,8,9,10,11);1-2H2. The molecule has 0 saturated carbocycles. The second kappa shape index (κ2) is 3.53. The highest BCUT2D eigenvalue weighted by molar-refractivity contribution is 5.81. The van der Waals surface area contributed by atoms with E-state index < -0.39 is 0 Å². The summed E-state index contributed by atoms with van der Waals surface area (Å²) in [6.07, 6.45) is 1.50. The largest absolute Gasteiger partial charge is 0.382 e. The second-order valence-corrected chi connectivity index (χ2v) is 2.07. The van der Waals surface area contributed by atoms with Crippen LogP contribution in [0.3, 0.4) is 0 Å². The Kier molecular flexibility index (Phi) is 2.44. The molecule has 2 rings (SSSR count). The zero-order valence-corrected chi connectivity index (χ0v) is 6.99. The van der Waals surface area contributed by atoms with Gasteiger partial charge >= 0.3 is 0 Å². The lowest BCUT2D eigenvalue weighted by Gasteiger charge is -1.94. The summed E-state index contributed by atoms with van der Waals surface area (Å²) in [5.74, 6) is 0.465. The summed E-state index contributed by atoms with van der Waals surface area (Å²) in [5.41, 5.74) is 11.9. The van der Waals surface area contributed by atoms with Crippen LogP contribution in [0.4, 0.5) is 11.8 Å². The number of rotatable bonds is 0. The molecule has 6 heteroatoms. The fourth-order valence-electron chi connectivity index (χ4n) is 0.873. The molecule has 0 saturated heterocycles. The summed E-state index contributed by atoms with van der Waals surface area (Å²) in [7, 11) is 0. The van der Waals surface area contributed by atoms with E-state index in [1.165, 1.54) is 6.33 Å². The Hall–Kier alpha value is -2.11. The Morgan fingerprint density at radius 2 is 1.92 bits per heavy atom. The van der Waals surface area contributed by atoms with Crippen molar-refractivity contribution >= 4 is 22.9 Å². The lowest BCUT2D eigenvalue weighted by Crippen LogP contribution is -1.99. The molecular formula is C7H10N6. The number of imidazole rings is 1. The molecule has 5 N–H and O–H groups in total. The van der Waals surface area contributed by atoms with Gasteiger partial charge in [0.25, 0.3) is 0 Å². The molecule has 0 unspecified atom stereocenters. The van der Waals surface area contributed by atoms with Crippen molar-refractivity contribution in [1.82, 2.24) is 19.9 Å². The molecule has 2 heterocycles. The predicted octanol–water partition coefficient (Wildman–Crippen LogP) is 0.319. The number of nitrogens with one attached hydrogen (secondary N) is 1. The Labute approximate surface area is 74.7 Å². The molecule has 2 aromatic rings. The number of nitrogens with zero attached hydrogens (tertiary/aromatic N) is 3.